The third kappa shape index (κ3) is 2.79. The van der Waals surface area contributed by atoms with Gasteiger partial charge in [0.05, 0.1) is 7.11 Å². The van der Waals surface area contributed by atoms with Crippen molar-refractivity contribution in [2.24, 2.45) is 5.92 Å². The SMILES string of the molecule is COC(=O)C#CC1CC=CCC1. The normalized spacial score (nSPS) is 20.9. The zero-order valence-corrected chi connectivity index (χ0v) is 7.17. The van der Waals surface area contributed by atoms with E-state index in [1.54, 1.807) is 0 Å². The molecule has 0 aliphatic heterocycles. The Morgan fingerprint density at radius 1 is 1.58 bits per heavy atom. The highest BCUT2D eigenvalue weighted by atomic mass is 16.5. The van der Waals surface area contributed by atoms with Gasteiger partial charge in [-0.1, -0.05) is 18.1 Å². The highest BCUT2D eigenvalue weighted by Gasteiger charge is 2.05. The van der Waals surface area contributed by atoms with E-state index in [0.29, 0.717) is 5.92 Å². The molecule has 0 bridgehead atoms. The van der Waals surface area contributed by atoms with E-state index in [4.69, 9.17) is 0 Å². The van der Waals surface area contributed by atoms with E-state index in [-0.39, 0.29) is 0 Å². The summed E-state index contributed by atoms with van der Waals surface area (Å²) in [5, 5.41) is 0. The lowest BCUT2D eigenvalue weighted by atomic mass is 9.95. The van der Waals surface area contributed by atoms with Crippen LogP contribution in [0.5, 0.6) is 0 Å². The molecule has 0 amide bonds. The van der Waals surface area contributed by atoms with Gasteiger partial charge < -0.3 is 4.74 Å². The van der Waals surface area contributed by atoms with E-state index < -0.39 is 5.97 Å². The third-order valence-electron chi connectivity index (χ3n) is 1.83. The summed E-state index contributed by atoms with van der Waals surface area (Å²) < 4.78 is 4.41. The maximum atomic E-state index is 10.6. The number of carbonyl (C=O) groups is 1. The Balaban J connectivity index is 2.42. The summed E-state index contributed by atoms with van der Waals surface area (Å²) in [4.78, 5) is 10.6. The summed E-state index contributed by atoms with van der Waals surface area (Å²) in [5.41, 5.74) is 0. The number of hydrogen-bond acceptors (Lipinski definition) is 2. The monoisotopic (exact) mass is 164 g/mol. The van der Waals surface area contributed by atoms with Crippen molar-refractivity contribution in [3.63, 3.8) is 0 Å². The number of methoxy groups -OCH3 is 1. The lowest BCUT2D eigenvalue weighted by Crippen LogP contribution is -2.01. The molecular weight excluding hydrogens is 152 g/mol. The molecule has 2 heteroatoms. The average molecular weight is 164 g/mol. The molecule has 0 fully saturated rings. The van der Waals surface area contributed by atoms with E-state index in [1.807, 2.05) is 0 Å². The lowest BCUT2D eigenvalue weighted by molar-refractivity contribution is -0.133. The predicted molar refractivity (Wildman–Crippen MR) is 46.3 cm³/mol. The maximum absolute atomic E-state index is 10.6. The summed E-state index contributed by atoms with van der Waals surface area (Å²) in [5.74, 6) is 5.26. The number of ether oxygens (including phenoxy) is 1. The van der Waals surface area contributed by atoms with Crippen LogP contribution >= 0.6 is 0 Å². The fourth-order valence-electron chi connectivity index (χ4n) is 1.14. The van der Waals surface area contributed by atoms with Crippen molar-refractivity contribution in [3.8, 4) is 11.8 Å². The molecule has 0 saturated carbocycles. The fourth-order valence-corrected chi connectivity index (χ4v) is 1.14. The summed E-state index contributed by atoms with van der Waals surface area (Å²) in [6, 6.07) is 0. The Labute approximate surface area is 72.6 Å². The molecule has 12 heavy (non-hydrogen) atoms. The minimum absolute atomic E-state index is 0.342. The molecule has 0 aromatic rings. The molecule has 1 aliphatic rings. The Morgan fingerprint density at radius 3 is 3.00 bits per heavy atom. The zero-order chi connectivity index (χ0) is 8.81. The molecule has 1 rings (SSSR count). The average Bonchev–Trinajstić information content (AvgIpc) is 2.16. The first-order valence-corrected chi connectivity index (χ1v) is 4.07. The molecule has 1 atom stereocenters. The maximum Gasteiger partial charge on any atom is 0.384 e. The summed E-state index contributed by atoms with van der Waals surface area (Å²) in [7, 11) is 1.35. The molecule has 64 valence electrons. The molecule has 2 nitrogen and oxygen atoms in total. The lowest BCUT2D eigenvalue weighted by Gasteiger charge is -2.09. The van der Waals surface area contributed by atoms with Crippen molar-refractivity contribution in [1.29, 1.82) is 0 Å². The number of carbonyl (C=O) groups excluding carboxylic acids is 1. The molecule has 0 aromatic carbocycles. The van der Waals surface area contributed by atoms with E-state index in [2.05, 4.69) is 28.7 Å². The Kier molecular flexibility index (Phi) is 3.40. The van der Waals surface area contributed by atoms with Crippen molar-refractivity contribution in [1.82, 2.24) is 0 Å². The Morgan fingerprint density at radius 2 is 2.42 bits per heavy atom. The van der Waals surface area contributed by atoms with Crippen LogP contribution in [0.4, 0.5) is 0 Å². The standard InChI is InChI=1S/C10H12O2/c1-12-10(11)8-7-9-5-3-2-4-6-9/h2-3,9H,4-6H2,1H3. The highest BCUT2D eigenvalue weighted by Crippen LogP contribution is 2.16. The van der Waals surface area contributed by atoms with Gasteiger partial charge in [-0.15, -0.1) is 0 Å². The first-order valence-electron chi connectivity index (χ1n) is 4.07. The number of esters is 1. The summed E-state index contributed by atoms with van der Waals surface area (Å²) in [6.45, 7) is 0. The molecule has 0 heterocycles. The largest absolute Gasteiger partial charge is 0.459 e. The van der Waals surface area contributed by atoms with Crippen molar-refractivity contribution >= 4 is 5.97 Å². The molecular formula is C10H12O2. The van der Waals surface area contributed by atoms with Gasteiger partial charge in [-0.3, -0.25) is 0 Å². The molecule has 0 spiro atoms. The molecule has 1 unspecified atom stereocenters. The predicted octanol–water partition coefficient (Wildman–Crippen LogP) is 1.52. The third-order valence-corrected chi connectivity index (χ3v) is 1.83. The van der Waals surface area contributed by atoms with Crippen LogP contribution in [0, 0.1) is 17.8 Å². The second-order valence-electron chi connectivity index (χ2n) is 2.74. The Bertz CT molecular complexity index is 242. The zero-order valence-electron chi connectivity index (χ0n) is 7.17. The quantitative estimate of drug-likeness (QED) is 0.235. The number of allylic oxidation sites excluding steroid dienone is 2. The van der Waals surface area contributed by atoms with Crippen molar-refractivity contribution in [2.75, 3.05) is 7.11 Å². The van der Waals surface area contributed by atoms with Crippen LogP contribution in [-0.4, -0.2) is 13.1 Å². The van der Waals surface area contributed by atoms with Crippen LogP contribution in [-0.2, 0) is 9.53 Å². The van der Waals surface area contributed by atoms with Gasteiger partial charge in [0.15, 0.2) is 0 Å². The van der Waals surface area contributed by atoms with Gasteiger partial charge in [0.1, 0.15) is 0 Å². The van der Waals surface area contributed by atoms with Gasteiger partial charge in [-0.25, -0.2) is 4.79 Å². The molecule has 0 N–H and O–H groups in total. The van der Waals surface area contributed by atoms with Crippen LogP contribution in [0.1, 0.15) is 19.3 Å². The van der Waals surface area contributed by atoms with Gasteiger partial charge in [-0.05, 0) is 19.3 Å². The minimum Gasteiger partial charge on any atom is -0.459 e. The van der Waals surface area contributed by atoms with Gasteiger partial charge in [0.25, 0.3) is 0 Å². The number of rotatable bonds is 0. The van der Waals surface area contributed by atoms with Crippen LogP contribution in [0.3, 0.4) is 0 Å². The fraction of sp³-hybridized carbons (Fsp3) is 0.500. The summed E-state index contributed by atoms with van der Waals surface area (Å²) >= 11 is 0. The van der Waals surface area contributed by atoms with Crippen molar-refractivity contribution < 1.29 is 9.53 Å². The van der Waals surface area contributed by atoms with Gasteiger partial charge >= 0.3 is 5.97 Å². The van der Waals surface area contributed by atoms with E-state index in [0.717, 1.165) is 19.3 Å². The topological polar surface area (TPSA) is 26.3 Å². The van der Waals surface area contributed by atoms with Crippen LogP contribution in [0.15, 0.2) is 12.2 Å². The molecule has 0 saturated heterocycles. The Hall–Kier alpha value is -1.23. The van der Waals surface area contributed by atoms with Crippen molar-refractivity contribution in [2.45, 2.75) is 19.3 Å². The minimum atomic E-state index is -0.440. The highest BCUT2D eigenvalue weighted by molar-refractivity contribution is 5.88. The smallest absolute Gasteiger partial charge is 0.384 e. The van der Waals surface area contributed by atoms with Gasteiger partial charge in [0, 0.05) is 11.8 Å². The number of hydrogen-bond donors (Lipinski definition) is 0. The first-order chi connectivity index (χ1) is 5.83. The van der Waals surface area contributed by atoms with Crippen LogP contribution < -0.4 is 0 Å². The molecule has 0 radical (unpaired) electrons. The van der Waals surface area contributed by atoms with E-state index in [9.17, 15) is 4.79 Å². The molecule has 0 aromatic heterocycles. The van der Waals surface area contributed by atoms with Crippen molar-refractivity contribution in [3.05, 3.63) is 12.2 Å². The first kappa shape index (κ1) is 8.86. The second-order valence-corrected chi connectivity index (χ2v) is 2.74. The van der Waals surface area contributed by atoms with Crippen LogP contribution in [0.2, 0.25) is 0 Å². The van der Waals surface area contributed by atoms with E-state index in [1.165, 1.54) is 7.11 Å². The second kappa shape index (κ2) is 4.61. The summed E-state index contributed by atoms with van der Waals surface area (Å²) in [6.07, 6.45) is 7.35. The van der Waals surface area contributed by atoms with Gasteiger partial charge in [-0.2, -0.15) is 0 Å². The van der Waals surface area contributed by atoms with Gasteiger partial charge in [0.2, 0.25) is 0 Å². The van der Waals surface area contributed by atoms with E-state index >= 15 is 0 Å². The van der Waals surface area contributed by atoms with Crippen LogP contribution in [0.25, 0.3) is 0 Å². The molecule has 1 aliphatic carbocycles.